The highest BCUT2D eigenvalue weighted by molar-refractivity contribution is 8.00. The van der Waals surface area contributed by atoms with E-state index >= 15 is 0 Å². The topological polar surface area (TPSA) is 85.6 Å². The zero-order valence-corrected chi connectivity index (χ0v) is 16.0. The number of carbonyl (C=O) groups excluding carboxylic acids is 1. The molecule has 0 spiro atoms. The van der Waals surface area contributed by atoms with Gasteiger partial charge in [0.2, 0.25) is 11.0 Å². The molecule has 0 aliphatic heterocycles. The van der Waals surface area contributed by atoms with Crippen molar-refractivity contribution >= 4 is 34.1 Å². The second-order valence-electron chi connectivity index (χ2n) is 5.61. The number of nitrogens with one attached hydrogen (secondary N) is 1. The van der Waals surface area contributed by atoms with Gasteiger partial charge in [-0.25, -0.2) is 0 Å². The van der Waals surface area contributed by atoms with Crippen LogP contribution in [0.1, 0.15) is 17.5 Å². The van der Waals surface area contributed by atoms with Crippen LogP contribution < -0.4 is 5.32 Å². The minimum atomic E-state index is -0.335. The van der Waals surface area contributed by atoms with E-state index in [2.05, 4.69) is 25.7 Å². The molecule has 2 heterocycles. The second kappa shape index (κ2) is 7.32. The molecule has 3 rings (SSSR count). The minimum absolute atomic E-state index is 0.138. The van der Waals surface area contributed by atoms with Crippen molar-refractivity contribution in [3.05, 3.63) is 34.8 Å². The normalized spacial score (nSPS) is 12.2. The first-order valence-corrected chi connectivity index (χ1v) is 9.37. The number of aromatic nitrogens is 5. The summed E-state index contributed by atoms with van der Waals surface area (Å²) in [4.78, 5) is 12.3. The van der Waals surface area contributed by atoms with Crippen LogP contribution in [-0.4, -0.2) is 36.1 Å². The van der Waals surface area contributed by atoms with Gasteiger partial charge < -0.3 is 4.57 Å². The zero-order valence-electron chi connectivity index (χ0n) is 14.3. The molecule has 0 aliphatic carbocycles. The smallest absolute Gasteiger partial charge is 0.239 e. The molecule has 0 radical (unpaired) electrons. The Morgan fingerprint density at radius 2 is 1.88 bits per heavy atom. The number of anilines is 1. The van der Waals surface area contributed by atoms with Crippen molar-refractivity contribution < 1.29 is 4.79 Å². The van der Waals surface area contributed by atoms with Crippen LogP contribution in [0.5, 0.6) is 0 Å². The zero-order chi connectivity index (χ0) is 18.0. The highest BCUT2D eigenvalue weighted by atomic mass is 32.2. The molecule has 1 N–H and O–H groups in total. The summed E-state index contributed by atoms with van der Waals surface area (Å²) >= 11 is 2.71. The Bertz CT molecular complexity index is 886. The average molecular weight is 374 g/mol. The van der Waals surface area contributed by atoms with Crippen molar-refractivity contribution in [1.82, 2.24) is 25.0 Å². The van der Waals surface area contributed by atoms with Gasteiger partial charge >= 0.3 is 0 Å². The van der Waals surface area contributed by atoms with Crippen LogP contribution in [0.2, 0.25) is 0 Å². The van der Waals surface area contributed by atoms with Gasteiger partial charge in [0.15, 0.2) is 11.0 Å². The molecule has 25 heavy (non-hydrogen) atoms. The summed E-state index contributed by atoms with van der Waals surface area (Å²) in [6, 6.07) is 8.11. The first-order valence-electron chi connectivity index (χ1n) is 7.68. The third-order valence-corrected chi connectivity index (χ3v) is 5.44. The van der Waals surface area contributed by atoms with E-state index in [-0.39, 0.29) is 11.2 Å². The number of nitrogens with zero attached hydrogens (tertiary/aromatic N) is 5. The molecule has 1 aromatic carbocycles. The first kappa shape index (κ1) is 17.6. The summed E-state index contributed by atoms with van der Waals surface area (Å²) in [5, 5.41) is 20.7. The maximum Gasteiger partial charge on any atom is 0.239 e. The van der Waals surface area contributed by atoms with Gasteiger partial charge in [-0.3, -0.25) is 10.1 Å². The Morgan fingerprint density at radius 3 is 2.52 bits per heavy atom. The molecule has 0 aliphatic rings. The number of hydrogen-bond acceptors (Lipinski definition) is 7. The lowest BCUT2D eigenvalue weighted by atomic mass is 10.1. The third kappa shape index (κ3) is 4.05. The van der Waals surface area contributed by atoms with E-state index in [4.69, 9.17) is 0 Å². The quantitative estimate of drug-likeness (QED) is 0.691. The van der Waals surface area contributed by atoms with Crippen molar-refractivity contribution in [3.8, 4) is 11.4 Å². The molecule has 0 bridgehead atoms. The van der Waals surface area contributed by atoms with Gasteiger partial charge in [0.1, 0.15) is 5.01 Å². The van der Waals surface area contributed by atoms with Gasteiger partial charge in [-0.2, -0.15) is 0 Å². The Balaban J connectivity index is 1.70. The van der Waals surface area contributed by atoms with Crippen molar-refractivity contribution in [2.24, 2.45) is 7.05 Å². The number of thioether (sulfide) groups is 1. The van der Waals surface area contributed by atoms with Gasteiger partial charge in [-0.15, -0.1) is 20.4 Å². The monoisotopic (exact) mass is 374 g/mol. The molecular formula is C16H18N6OS2. The maximum atomic E-state index is 12.3. The lowest BCUT2D eigenvalue weighted by molar-refractivity contribution is -0.115. The van der Waals surface area contributed by atoms with E-state index in [1.54, 1.807) is 0 Å². The Hall–Kier alpha value is -2.26. The molecule has 1 atom stereocenters. The van der Waals surface area contributed by atoms with Crippen molar-refractivity contribution in [2.75, 3.05) is 5.32 Å². The van der Waals surface area contributed by atoms with Crippen molar-refractivity contribution in [2.45, 2.75) is 31.2 Å². The summed E-state index contributed by atoms with van der Waals surface area (Å²) < 4.78 is 1.90. The van der Waals surface area contributed by atoms with Gasteiger partial charge in [-0.05, 0) is 20.8 Å². The molecule has 0 saturated heterocycles. The van der Waals surface area contributed by atoms with E-state index in [0.29, 0.717) is 10.3 Å². The fourth-order valence-corrected chi connectivity index (χ4v) is 3.55. The number of benzene rings is 1. The van der Waals surface area contributed by atoms with Gasteiger partial charge in [-0.1, -0.05) is 52.9 Å². The predicted octanol–water partition coefficient (Wildman–Crippen LogP) is 3.07. The number of carbonyl (C=O) groups is 1. The van der Waals surface area contributed by atoms with Crippen LogP contribution in [0.25, 0.3) is 11.4 Å². The minimum Gasteiger partial charge on any atom is -0.305 e. The van der Waals surface area contributed by atoms with Crippen LogP contribution >= 0.6 is 23.1 Å². The molecular weight excluding hydrogens is 356 g/mol. The molecule has 9 heteroatoms. The molecule has 0 unspecified atom stereocenters. The standard InChI is InChI=1S/C16H18N6OS2/c1-9-5-7-12(8-6-9)13-19-21-16(22(13)4)24-10(2)14(23)17-15-20-18-11(3)25-15/h5-8,10H,1-4H3,(H,17,20,23)/t10-/m0/s1. The Labute approximate surface area is 153 Å². The highest BCUT2D eigenvalue weighted by Gasteiger charge is 2.20. The summed E-state index contributed by atoms with van der Waals surface area (Å²) in [6.07, 6.45) is 0. The van der Waals surface area contributed by atoms with E-state index in [0.717, 1.165) is 16.4 Å². The lowest BCUT2D eigenvalue weighted by Gasteiger charge is -2.10. The molecule has 7 nitrogen and oxygen atoms in total. The van der Waals surface area contributed by atoms with E-state index in [1.807, 2.05) is 56.7 Å². The van der Waals surface area contributed by atoms with E-state index < -0.39 is 0 Å². The van der Waals surface area contributed by atoms with Gasteiger partial charge in [0, 0.05) is 12.6 Å². The molecule has 0 fully saturated rings. The highest BCUT2D eigenvalue weighted by Crippen LogP contribution is 2.26. The molecule has 2 aromatic heterocycles. The Morgan fingerprint density at radius 1 is 1.16 bits per heavy atom. The van der Waals surface area contributed by atoms with Crippen LogP contribution in [0.15, 0.2) is 29.4 Å². The molecule has 3 aromatic rings. The predicted molar refractivity (Wildman–Crippen MR) is 99.8 cm³/mol. The third-order valence-electron chi connectivity index (χ3n) is 3.55. The number of hydrogen-bond donors (Lipinski definition) is 1. The van der Waals surface area contributed by atoms with Crippen molar-refractivity contribution in [3.63, 3.8) is 0 Å². The average Bonchev–Trinajstić information content (AvgIpc) is 3.15. The molecule has 1 amide bonds. The summed E-state index contributed by atoms with van der Waals surface area (Å²) in [6.45, 7) is 5.72. The fraction of sp³-hybridized carbons (Fsp3) is 0.312. The number of rotatable bonds is 5. The van der Waals surface area contributed by atoms with Gasteiger partial charge in [0.25, 0.3) is 0 Å². The first-order chi connectivity index (χ1) is 11.9. The van der Waals surface area contributed by atoms with Gasteiger partial charge in [0.05, 0.1) is 5.25 Å². The number of aryl methyl sites for hydroxylation is 2. The molecule has 0 saturated carbocycles. The van der Waals surface area contributed by atoms with Crippen LogP contribution in [-0.2, 0) is 11.8 Å². The fourth-order valence-electron chi connectivity index (χ4n) is 2.14. The van der Waals surface area contributed by atoms with Crippen LogP contribution in [0, 0.1) is 13.8 Å². The number of amides is 1. The summed E-state index contributed by atoms with van der Waals surface area (Å²) in [5.74, 6) is 0.635. The van der Waals surface area contributed by atoms with Crippen LogP contribution in [0.4, 0.5) is 5.13 Å². The van der Waals surface area contributed by atoms with E-state index in [9.17, 15) is 4.79 Å². The van der Waals surface area contributed by atoms with Crippen molar-refractivity contribution in [1.29, 1.82) is 0 Å². The maximum absolute atomic E-state index is 12.3. The second-order valence-corrected chi connectivity index (χ2v) is 8.10. The lowest BCUT2D eigenvalue weighted by Crippen LogP contribution is -2.22. The molecule has 130 valence electrons. The SMILES string of the molecule is Cc1ccc(-c2nnc(S[C@@H](C)C(=O)Nc3nnc(C)s3)n2C)cc1. The van der Waals surface area contributed by atoms with Crippen LogP contribution in [0.3, 0.4) is 0 Å². The van der Waals surface area contributed by atoms with E-state index in [1.165, 1.54) is 28.7 Å². The summed E-state index contributed by atoms with van der Waals surface area (Å²) in [7, 11) is 1.90. The summed E-state index contributed by atoms with van der Waals surface area (Å²) in [5.41, 5.74) is 2.19. The largest absolute Gasteiger partial charge is 0.305 e. The Kier molecular flexibility index (Phi) is 5.14.